The maximum atomic E-state index is 12.2. The highest BCUT2D eigenvalue weighted by Crippen LogP contribution is 2.26. The van der Waals surface area contributed by atoms with E-state index in [2.05, 4.69) is 10.6 Å². The molecule has 0 heterocycles. The van der Waals surface area contributed by atoms with E-state index >= 15 is 0 Å². The second-order valence-electron chi connectivity index (χ2n) is 5.08. The molecule has 114 valence electrons. The average molecular weight is 304 g/mol. The number of para-hydroxylation sites is 1. The highest BCUT2D eigenvalue weighted by molar-refractivity contribution is 6.04. The monoisotopic (exact) mass is 304 g/mol. The number of phenols is 1. The molecule has 0 unspecified atom stereocenters. The van der Waals surface area contributed by atoms with Gasteiger partial charge in [0.1, 0.15) is 5.75 Å². The van der Waals surface area contributed by atoms with Crippen LogP contribution in [0.4, 0.5) is 17.1 Å². The van der Waals surface area contributed by atoms with E-state index in [-0.39, 0.29) is 11.7 Å². The van der Waals surface area contributed by atoms with Gasteiger partial charge in [-0.15, -0.1) is 0 Å². The van der Waals surface area contributed by atoms with Gasteiger partial charge >= 0.3 is 0 Å². The molecule has 0 aromatic heterocycles. The molecule has 3 aromatic carbocycles. The zero-order chi connectivity index (χ0) is 16.1. The Morgan fingerprint density at radius 1 is 0.739 bits per heavy atom. The number of rotatable bonds is 4. The van der Waals surface area contributed by atoms with Gasteiger partial charge in [0.2, 0.25) is 0 Å². The number of hydrogen-bond acceptors (Lipinski definition) is 3. The van der Waals surface area contributed by atoms with Gasteiger partial charge < -0.3 is 15.7 Å². The third-order valence-electron chi connectivity index (χ3n) is 3.27. The molecule has 3 aromatic rings. The second kappa shape index (κ2) is 6.66. The molecule has 0 atom stereocenters. The number of amides is 1. The lowest BCUT2D eigenvalue weighted by atomic mass is 10.2. The van der Waals surface area contributed by atoms with Gasteiger partial charge in [0.05, 0.1) is 0 Å². The maximum Gasteiger partial charge on any atom is 0.255 e. The van der Waals surface area contributed by atoms with E-state index in [1.54, 1.807) is 36.4 Å². The molecule has 0 aliphatic heterocycles. The Morgan fingerprint density at radius 2 is 1.35 bits per heavy atom. The summed E-state index contributed by atoms with van der Waals surface area (Å²) < 4.78 is 0. The van der Waals surface area contributed by atoms with Crippen LogP contribution < -0.4 is 10.6 Å². The van der Waals surface area contributed by atoms with Crippen LogP contribution in [0.1, 0.15) is 10.4 Å². The van der Waals surface area contributed by atoms with Crippen molar-refractivity contribution in [1.82, 2.24) is 0 Å². The molecule has 0 saturated heterocycles. The van der Waals surface area contributed by atoms with Crippen molar-refractivity contribution in [2.75, 3.05) is 10.6 Å². The molecule has 0 fully saturated rings. The van der Waals surface area contributed by atoms with Crippen molar-refractivity contribution in [1.29, 1.82) is 0 Å². The van der Waals surface area contributed by atoms with Crippen LogP contribution in [0.5, 0.6) is 5.75 Å². The van der Waals surface area contributed by atoms with Gasteiger partial charge in [0.25, 0.3) is 5.91 Å². The fourth-order valence-corrected chi connectivity index (χ4v) is 2.24. The first-order valence-corrected chi connectivity index (χ1v) is 7.23. The van der Waals surface area contributed by atoms with Gasteiger partial charge in [-0.05, 0) is 30.3 Å². The van der Waals surface area contributed by atoms with Crippen LogP contribution in [-0.4, -0.2) is 11.0 Å². The summed E-state index contributed by atoms with van der Waals surface area (Å²) in [6, 6.07) is 23.4. The summed E-state index contributed by atoms with van der Waals surface area (Å²) >= 11 is 0. The van der Waals surface area contributed by atoms with Crippen molar-refractivity contribution in [2.45, 2.75) is 0 Å². The molecule has 23 heavy (non-hydrogen) atoms. The average Bonchev–Trinajstić information content (AvgIpc) is 2.56. The Labute approximate surface area is 134 Å². The number of carbonyl (C=O) groups excluding carboxylic acids is 1. The Kier molecular flexibility index (Phi) is 4.25. The van der Waals surface area contributed by atoms with E-state index in [4.69, 9.17) is 0 Å². The van der Waals surface area contributed by atoms with E-state index in [0.717, 1.165) is 5.69 Å². The molecule has 0 aliphatic carbocycles. The smallest absolute Gasteiger partial charge is 0.255 e. The molecule has 0 aliphatic rings. The summed E-state index contributed by atoms with van der Waals surface area (Å²) in [5.41, 5.74) is 2.68. The van der Waals surface area contributed by atoms with Gasteiger partial charge in [-0.1, -0.05) is 36.4 Å². The number of nitrogens with one attached hydrogen (secondary N) is 2. The second-order valence-corrected chi connectivity index (χ2v) is 5.08. The molecule has 0 radical (unpaired) electrons. The fourth-order valence-electron chi connectivity index (χ4n) is 2.24. The normalized spacial score (nSPS) is 10.1. The highest BCUT2D eigenvalue weighted by atomic mass is 16.3. The minimum atomic E-state index is -0.220. The summed E-state index contributed by atoms with van der Waals surface area (Å²) in [6.45, 7) is 0. The molecule has 4 nitrogen and oxygen atoms in total. The fraction of sp³-hybridized carbons (Fsp3) is 0. The van der Waals surface area contributed by atoms with Crippen LogP contribution in [0.2, 0.25) is 0 Å². The van der Waals surface area contributed by atoms with Gasteiger partial charge in [-0.3, -0.25) is 4.79 Å². The largest absolute Gasteiger partial charge is 0.508 e. The van der Waals surface area contributed by atoms with Gasteiger partial charge in [-0.25, -0.2) is 0 Å². The number of carbonyl (C=O) groups is 1. The van der Waals surface area contributed by atoms with Crippen molar-refractivity contribution in [3.63, 3.8) is 0 Å². The number of anilines is 3. The van der Waals surface area contributed by atoms with E-state index in [1.807, 2.05) is 36.4 Å². The predicted octanol–water partition coefficient (Wildman–Crippen LogP) is 4.39. The van der Waals surface area contributed by atoms with Crippen LogP contribution in [0.3, 0.4) is 0 Å². The zero-order valence-electron chi connectivity index (χ0n) is 12.4. The minimum absolute atomic E-state index is 0.0780. The molecule has 3 N–H and O–H groups in total. The van der Waals surface area contributed by atoms with Crippen molar-refractivity contribution in [3.05, 3.63) is 84.4 Å². The minimum Gasteiger partial charge on any atom is -0.508 e. The summed E-state index contributed by atoms with van der Waals surface area (Å²) in [7, 11) is 0. The van der Waals surface area contributed by atoms with Gasteiger partial charge in [-0.2, -0.15) is 0 Å². The lowest BCUT2D eigenvalue weighted by molar-refractivity contribution is 0.102. The lowest BCUT2D eigenvalue weighted by Crippen LogP contribution is -2.11. The first-order chi connectivity index (χ1) is 11.2. The predicted molar refractivity (Wildman–Crippen MR) is 92.2 cm³/mol. The Bertz CT molecular complexity index is 802. The Hall–Kier alpha value is -3.27. The highest BCUT2D eigenvalue weighted by Gasteiger charge is 2.07. The lowest BCUT2D eigenvalue weighted by Gasteiger charge is -2.11. The Balaban J connectivity index is 1.79. The molecule has 0 spiro atoms. The quantitative estimate of drug-likeness (QED) is 0.670. The van der Waals surface area contributed by atoms with Crippen molar-refractivity contribution in [2.24, 2.45) is 0 Å². The van der Waals surface area contributed by atoms with Crippen LogP contribution >= 0.6 is 0 Å². The van der Waals surface area contributed by atoms with Crippen molar-refractivity contribution in [3.8, 4) is 5.75 Å². The summed E-state index contributed by atoms with van der Waals surface area (Å²) in [6.07, 6.45) is 0. The number of aromatic hydroxyl groups is 1. The molecule has 0 saturated carbocycles. The standard InChI is InChI=1S/C19H16N2O2/c22-18-12-16(20-15-9-5-2-6-10-15)11-17(13-18)21-19(23)14-7-3-1-4-8-14/h1-13,20,22H,(H,21,23). The molecule has 3 rings (SSSR count). The summed E-state index contributed by atoms with van der Waals surface area (Å²) in [5.74, 6) is -0.142. The van der Waals surface area contributed by atoms with Gasteiger partial charge in [0.15, 0.2) is 0 Å². The van der Waals surface area contributed by atoms with Crippen molar-refractivity contribution >= 4 is 23.0 Å². The van der Waals surface area contributed by atoms with Crippen molar-refractivity contribution < 1.29 is 9.90 Å². The molecular weight excluding hydrogens is 288 g/mol. The summed E-state index contributed by atoms with van der Waals surface area (Å²) in [5, 5.41) is 15.8. The van der Waals surface area contributed by atoms with Crippen LogP contribution in [0.25, 0.3) is 0 Å². The zero-order valence-corrected chi connectivity index (χ0v) is 12.4. The van der Waals surface area contributed by atoms with E-state index < -0.39 is 0 Å². The van der Waals surface area contributed by atoms with Gasteiger partial charge in [0, 0.05) is 34.8 Å². The number of hydrogen-bond donors (Lipinski definition) is 3. The van der Waals surface area contributed by atoms with Crippen LogP contribution in [0.15, 0.2) is 78.9 Å². The number of phenolic OH excluding ortho intramolecular Hbond substituents is 1. The molecule has 0 bridgehead atoms. The Morgan fingerprint density at radius 3 is 2.04 bits per heavy atom. The van der Waals surface area contributed by atoms with Crippen LogP contribution in [0, 0.1) is 0 Å². The number of benzene rings is 3. The summed E-state index contributed by atoms with van der Waals surface area (Å²) in [4.78, 5) is 12.2. The van der Waals surface area contributed by atoms with E-state index in [1.165, 1.54) is 6.07 Å². The first kappa shape index (κ1) is 14.7. The maximum absolute atomic E-state index is 12.2. The topological polar surface area (TPSA) is 61.4 Å². The van der Waals surface area contributed by atoms with Crippen LogP contribution in [-0.2, 0) is 0 Å². The first-order valence-electron chi connectivity index (χ1n) is 7.23. The van der Waals surface area contributed by atoms with E-state index in [0.29, 0.717) is 16.9 Å². The third kappa shape index (κ3) is 3.89. The third-order valence-corrected chi connectivity index (χ3v) is 3.27. The van der Waals surface area contributed by atoms with E-state index in [9.17, 15) is 9.90 Å². The molecule has 4 heteroatoms. The SMILES string of the molecule is O=C(Nc1cc(O)cc(Nc2ccccc2)c1)c1ccccc1. The molecule has 1 amide bonds. The molecular formula is C19H16N2O2.